The van der Waals surface area contributed by atoms with E-state index in [2.05, 4.69) is 4.72 Å². The van der Waals surface area contributed by atoms with E-state index in [0.717, 1.165) is 17.7 Å². The highest BCUT2D eigenvalue weighted by atomic mass is 32.2. The molecule has 0 aliphatic carbocycles. The maximum absolute atomic E-state index is 13.0. The summed E-state index contributed by atoms with van der Waals surface area (Å²) in [6.07, 6.45) is 0. The molecule has 0 aromatic heterocycles. The fourth-order valence-corrected chi connectivity index (χ4v) is 3.88. The van der Waals surface area contributed by atoms with E-state index in [1.165, 1.54) is 24.3 Å². The number of halogens is 1. The van der Waals surface area contributed by atoms with Crippen LogP contribution in [-0.4, -0.2) is 25.8 Å². The molecule has 0 aliphatic heterocycles. The topological polar surface area (TPSA) is 66.5 Å². The maximum Gasteiger partial charge on any atom is 0.261 e. The van der Waals surface area contributed by atoms with Gasteiger partial charge in [-0.05, 0) is 61.0 Å². The van der Waals surface area contributed by atoms with Gasteiger partial charge in [0.25, 0.3) is 15.9 Å². The highest BCUT2D eigenvalue weighted by Crippen LogP contribution is 2.18. The quantitative estimate of drug-likeness (QED) is 0.630. The zero-order valence-corrected chi connectivity index (χ0v) is 16.7. The number of hydrogen-bond acceptors (Lipinski definition) is 3. The molecule has 3 aromatic rings. The Morgan fingerprint density at radius 1 is 0.931 bits per heavy atom. The number of nitrogens with one attached hydrogen (secondary N) is 1. The predicted octanol–water partition coefficient (Wildman–Crippen LogP) is 4.29. The Hall–Kier alpha value is -3.19. The van der Waals surface area contributed by atoms with Crippen LogP contribution in [0.5, 0.6) is 0 Å². The number of benzene rings is 3. The molecule has 1 amide bonds. The number of rotatable bonds is 7. The Morgan fingerprint density at radius 2 is 1.55 bits per heavy atom. The fourth-order valence-electron chi connectivity index (χ4n) is 2.82. The van der Waals surface area contributed by atoms with E-state index < -0.39 is 15.8 Å². The molecule has 0 aliphatic rings. The SMILES string of the molecule is CCN(Cc1ccccc1)C(=O)c1ccc(NS(=O)(=O)c2ccc(F)cc2)cc1. The van der Waals surface area contributed by atoms with Gasteiger partial charge in [0.15, 0.2) is 0 Å². The average molecular weight is 412 g/mol. The molecule has 0 atom stereocenters. The van der Waals surface area contributed by atoms with E-state index in [0.29, 0.717) is 24.3 Å². The van der Waals surface area contributed by atoms with E-state index in [4.69, 9.17) is 0 Å². The second-order valence-electron chi connectivity index (χ2n) is 6.44. The molecule has 0 heterocycles. The molecule has 0 radical (unpaired) electrons. The highest BCUT2D eigenvalue weighted by Gasteiger charge is 2.17. The molecule has 150 valence electrons. The average Bonchev–Trinajstić information content (AvgIpc) is 2.73. The lowest BCUT2D eigenvalue weighted by Gasteiger charge is -2.21. The molecule has 3 rings (SSSR count). The molecule has 29 heavy (non-hydrogen) atoms. The summed E-state index contributed by atoms with van der Waals surface area (Å²) in [5.41, 5.74) is 1.82. The molecular formula is C22H21FN2O3S. The van der Waals surface area contributed by atoms with E-state index >= 15 is 0 Å². The first-order valence-electron chi connectivity index (χ1n) is 9.10. The van der Waals surface area contributed by atoms with E-state index in [1.54, 1.807) is 17.0 Å². The summed E-state index contributed by atoms with van der Waals surface area (Å²) in [5.74, 6) is -0.646. The zero-order chi connectivity index (χ0) is 20.9. The van der Waals surface area contributed by atoms with Crippen molar-refractivity contribution in [1.82, 2.24) is 4.90 Å². The fraction of sp³-hybridized carbons (Fsp3) is 0.136. The Balaban J connectivity index is 1.71. The van der Waals surface area contributed by atoms with Gasteiger partial charge in [-0.15, -0.1) is 0 Å². The van der Waals surface area contributed by atoms with Crippen LogP contribution in [0.25, 0.3) is 0 Å². The van der Waals surface area contributed by atoms with Crippen molar-refractivity contribution in [2.24, 2.45) is 0 Å². The van der Waals surface area contributed by atoms with Crippen LogP contribution in [0.15, 0.2) is 83.8 Å². The number of carbonyl (C=O) groups excluding carboxylic acids is 1. The number of carbonyl (C=O) groups is 1. The normalized spacial score (nSPS) is 11.1. The minimum absolute atomic E-state index is 0.0425. The number of anilines is 1. The summed E-state index contributed by atoms with van der Waals surface area (Å²) in [6, 6.07) is 20.5. The third-order valence-electron chi connectivity index (χ3n) is 4.39. The predicted molar refractivity (Wildman–Crippen MR) is 111 cm³/mol. The van der Waals surface area contributed by atoms with Gasteiger partial charge >= 0.3 is 0 Å². The second-order valence-corrected chi connectivity index (χ2v) is 8.12. The lowest BCUT2D eigenvalue weighted by molar-refractivity contribution is 0.0752. The van der Waals surface area contributed by atoms with Crippen LogP contribution in [0.4, 0.5) is 10.1 Å². The smallest absolute Gasteiger partial charge is 0.261 e. The van der Waals surface area contributed by atoms with Gasteiger partial charge in [0.1, 0.15) is 5.82 Å². The van der Waals surface area contributed by atoms with Crippen molar-refractivity contribution in [3.63, 3.8) is 0 Å². The first kappa shape index (κ1) is 20.5. The van der Waals surface area contributed by atoms with Gasteiger partial charge in [-0.3, -0.25) is 9.52 Å². The number of sulfonamides is 1. The third kappa shape index (κ3) is 5.20. The van der Waals surface area contributed by atoms with Gasteiger partial charge in [-0.1, -0.05) is 30.3 Å². The standard InChI is InChI=1S/C22H21FN2O3S/c1-2-25(16-17-6-4-3-5-7-17)22(26)18-8-12-20(13-9-18)24-29(27,28)21-14-10-19(23)11-15-21/h3-15,24H,2,16H2,1H3. The Bertz CT molecular complexity index is 1070. The Labute approximate surface area is 169 Å². The van der Waals surface area contributed by atoms with Crippen molar-refractivity contribution in [3.05, 3.63) is 95.8 Å². The molecule has 1 N–H and O–H groups in total. The largest absolute Gasteiger partial charge is 0.335 e. The minimum Gasteiger partial charge on any atom is -0.335 e. The summed E-state index contributed by atoms with van der Waals surface area (Å²) >= 11 is 0. The Morgan fingerprint density at radius 3 is 2.14 bits per heavy atom. The molecule has 0 bridgehead atoms. The van der Waals surface area contributed by atoms with Crippen LogP contribution in [0.3, 0.4) is 0 Å². The van der Waals surface area contributed by atoms with E-state index in [1.807, 2.05) is 37.3 Å². The van der Waals surface area contributed by atoms with Crippen molar-refractivity contribution in [2.45, 2.75) is 18.4 Å². The van der Waals surface area contributed by atoms with Crippen LogP contribution in [-0.2, 0) is 16.6 Å². The molecule has 7 heteroatoms. The van der Waals surface area contributed by atoms with Crippen molar-refractivity contribution in [3.8, 4) is 0 Å². The maximum atomic E-state index is 13.0. The van der Waals surface area contributed by atoms with Crippen molar-refractivity contribution >= 4 is 21.6 Å². The van der Waals surface area contributed by atoms with Crippen LogP contribution in [0, 0.1) is 5.82 Å². The molecule has 0 saturated heterocycles. The van der Waals surface area contributed by atoms with Crippen molar-refractivity contribution < 1.29 is 17.6 Å². The van der Waals surface area contributed by atoms with Gasteiger partial charge in [-0.2, -0.15) is 0 Å². The monoisotopic (exact) mass is 412 g/mol. The van der Waals surface area contributed by atoms with E-state index in [-0.39, 0.29) is 10.8 Å². The number of nitrogens with zero attached hydrogens (tertiary/aromatic N) is 1. The summed E-state index contributed by atoms with van der Waals surface area (Å²) in [6.45, 7) is 2.95. The summed E-state index contributed by atoms with van der Waals surface area (Å²) in [4.78, 5) is 14.5. The number of hydrogen-bond donors (Lipinski definition) is 1. The zero-order valence-electron chi connectivity index (χ0n) is 15.9. The molecular weight excluding hydrogens is 391 g/mol. The first-order valence-corrected chi connectivity index (χ1v) is 10.6. The highest BCUT2D eigenvalue weighted by molar-refractivity contribution is 7.92. The molecule has 0 spiro atoms. The lowest BCUT2D eigenvalue weighted by Crippen LogP contribution is -2.30. The summed E-state index contributed by atoms with van der Waals surface area (Å²) < 4.78 is 40.2. The first-order chi connectivity index (χ1) is 13.9. The van der Waals surface area contributed by atoms with Crippen LogP contribution < -0.4 is 4.72 Å². The van der Waals surface area contributed by atoms with Crippen molar-refractivity contribution in [1.29, 1.82) is 0 Å². The van der Waals surface area contributed by atoms with Gasteiger partial charge in [-0.25, -0.2) is 12.8 Å². The summed E-state index contributed by atoms with van der Waals surface area (Å²) in [5, 5.41) is 0. The lowest BCUT2D eigenvalue weighted by atomic mass is 10.1. The Kier molecular flexibility index (Phi) is 6.29. The van der Waals surface area contributed by atoms with Crippen LogP contribution in [0.2, 0.25) is 0 Å². The third-order valence-corrected chi connectivity index (χ3v) is 5.79. The van der Waals surface area contributed by atoms with Crippen LogP contribution >= 0.6 is 0 Å². The molecule has 0 fully saturated rings. The van der Waals surface area contributed by atoms with Gasteiger partial charge in [0, 0.05) is 24.3 Å². The summed E-state index contributed by atoms with van der Waals surface area (Å²) in [7, 11) is -3.84. The molecule has 0 unspecified atom stereocenters. The van der Waals surface area contributed by atoms with Gasteiger partial charge < -0.3 is 4.90 Å². The van der Waals surface area contributed by atoms with E-state index in [9.17, 15) is 17.6 Å². The molecule has 5 nitrogen and oxygen atoms in total. The van der Waals surface area contributed by atoms with Gasteiger partial charge in [0.2, 0.25) is 0 Å². The molecule has 0 saturated carbocycles. The minimum atomic E-state index is -3.84. The second kappa shape index (κ2) is 8.87. The van der Waals surface area contributed by atoms with Crippen molar-refractivity contribution in [2.75, 3.05) is 11.3 Å². The van der Waals surface area contributed by atoms with Crippen LogP contribution in [0.1, 0.15) is 22.8 Å². The molecule has 3 aromatic carbocycles. The van der Waals surface area contributed by atoms with Gasteiger partial charge in [0.05, 0.1) is 4.90 Å². The number of amides is 1.